The Morgan fingerprint density at radius 3 is 2.74 bits per heavy atom. The summed E-state index contributed by atoms with van der Waals surface area (Å²) in [6.07, 6.45) is 10.1. The van der Waals surface area contributed by atoms with Gasteiger partial charge >= 0.3 is 0 Å². The van der Waals surface area contributed by atoms with Crippen LogP contribution in [0.1, 0.15) is 62.3 Å². The molecule has 0 aliphatic heterocycles. The lowest BCUT2D eigenvalue weighted by Crippen LogP contribution is -2.42. The van der Waals surface area contributed by atoms with E-state index in [0.717, 1.165) is 42.3 Å². The molecular weight excluding hydrogens is 430 g/mol. The molecule has 0 bridgehead atoms. The van der Waals surface area contributed by atoms with Gasteiger partial charge in [0.15, 0.2) is 5.16 Å². The van der Waals surface area contributed by atoms with Gasteiger partial charge in [-0.1, -0.05) is 31.0 Å². The molecule has 1 atom stereocenters. The molecule has 31 heavy (non-hydrogen) atoms. The Labute approximate surface area is 192 Å². The van der Waals surface area contributed by atoms with Crippen LogP contribution in [0.25, 0.3) is 10.2 Å². The average Bonchev–Trinajstić information content (AvgIpc) is 3.17. The highest BCUT2D eigenvalue weighted by Gasteiger charge is 2.28. The molecule has 0 N–H and O–H groups in total. The molecule has 0 radical (unpaired) electrons. The first-order chi connectivity index (χ1) is 15.0. The maximum atomic E-state index is 13.5. The van der Waals surface area contributed by atoms with E-state index in [4.69, 9.17) is 9.72 Å². The number of amides is 1. The van der Waals surface area contributed by atoms with Crippen molar-refractivity contribution in [1.29, 1.82) is 0 Å². The fourth-order valence-corrected chi connectivity index (χ4v) is 7.17. The number of rotatable bonds is 7. The number of carbonyl (C=O) groups is 1. The first-order valence-electron chi connectivity index (χ1n) is 11.5. The quantitative estimate of drug-likeness (QED) is 0.454. The Kier molecular flexibility index (Phi) is 7.39. The zero-order valence-corrected chi connectivity index (χ0v) is 20.4. The summed E-state index contributed by atoms with van der Waals surface area (Å²) in [5, 5.41) is 1.13. The molecule has 0 saturated heterocycles. The van der Waals surface area contributed by atoms with Crippen molar-refractivity contribution in [2.24, 2.45) is 0 Å². The van der Waals surface area contributed by atoms with E-state index >= 15 is 0 Å². The lowest BCUT2D eigenvalue weighted by Gasteiger charge is -2.32. The number of ether oxygens (including phenoxy) is 1. The van der Waals surface area contributed by atoms with E-state index < -0.39 is 0 Å². The first kappa shape index (κ1) is 22.8. The molecule has 0 unspecified atom stereocenters. The van der Waals surface area contributed by atoms with Gasteiger partial charge in [-0.2, -0.15) is 0 Å². The standard InChI is InChI=1S/C23H33N3O3S2/c1-15(21(27)25(2)16-9-5-4-6-10-16)30-23-24-20-19(22(28)26(23)13-14-29-3)17-11-7-8-12-18(17)31-20/h15-16H,4-14H2,1-3H3/t15-/m1/s1. The summed E-state index contributed by atoms with van der Waals surface area (Å²) in [5.41, 5.74) is 1.22. The number of hydrogen-bond acceptors (Lipinski definition) is 6. The van der Waals surface area contributed by atoms with Crippen molar-refractivity contribution in [3.05, 3.63) is 20.8 Å². The number of aryl methyl sites for hydroxylation is 2. The molecule has 6 nitrogen and oxygen atoms in total. The minimum absolute atomic E-state index is 0.0178. The molecule has 8 heteroatoms. The van der Waals surface area contributed by atoms with Crippen LogP contribution >= 0.6 is 23.1 Å². The van der Waals surface area contributed by atoms with Crippen molar-refractivity contribution < 1.29 is 9.53 Å². The van der Waals surface area contributed by atoms with Crippen molar-refractivity contribution in [2.45, 2.75) is 87.7 Å². The van der Waals surface area contributed by atoms with E-state index in [1.54, 1.807) is 23.0 Å². The number of thioether (sulfide) groups is 1. The van der Waals surface area contributed by atoms with Crippen LogP contribution in [0.2, 0.25) is 0 Å². The van der Waals surface area contributed by atoms with E-state index in [2.05, 4.69) is 0 Å². The normalized spacial score (nSPS) is 18.2. The largest absolute Gasteiger partial charge is 0.383 e. The maximum Gasteiger partial charge on any atom is 0.263 e. The highest BCUT2D eigenvalue weighted by Crippen LogP contribution is 2.35. The monoisotopic (exact) mass is 463 g/mol. The lowest BCUT2D eigenvalue weighted by molar-refractivity contribution is -0.131. The summed E-state index contributed by atoms with van der Waals surface area (Å²) in [6, 6.07) is 0.333. The van der Waals surface area contributed by atoms with Crippen LogP contribution in [-0.2, 0) is 28.9 Å². The fraction of sp³-hybridized carbons (Fsp3) is 0.696. The summed E-state index contributed by atoms with van der Waals surface area (Å²) in [7, 11) is 3.57. The van der Waals surface area contributed by atoms with Crippen LogP contribution in [0.4, 0.5) is 0 Å². The number of aromatic nitrogens is 2. The summed E-state index contributed by atoms with van der Waals surface area (Å²) in [5.74, 6) is 0.120. The van der Waals surface area contributed by atoms with Crippen LogP contribution in [0.3, 0.4) is 0 Å². The minimum Gasteiger partial charge on any atom is -0.383 e. The molecule has 2 aliphatic carbocycles. The van der Waals surface area contributed by atoms with Crippen LogP contribution in [0.15, 0.2) is 9.95 Å². The van der Waals surface area contributed by atoms with E-state index in [-0.39, 0.29) is 16.7 Å². The highest BCUT2D eigenvalue weighted by atomic mass is 32.2. The molecule has 2 aliphatic rings. The third-order valence-electron chi connectivity index (χ3n) is 6.66. The van der Waals surface area contributed by atoms with Crippen molar-refractivity contribution in [2.75, 3.05) is 20.8 Å². The van der Waals surface area contributed by atoms with Gasteiger partial charge < -0.3 is 9.64 Å². The van der Waals surface area contributed by atoms with Crippen molar-refractivity contribution >= 4 is 39.2 Å². The van der Waals surface area contributed by atoms with E-state index in [0.29, 0.717) is 24.3 Å². The number of fused-ring (bicyclic) bond motifs is 3. The first-order valence-corrected chi connectivity index (χ1v) is 13.2. The number of hydrogen-bond donors (Lipinski definition) is 0. The third-order valence-corrected chi connectivity index (χ3v) is 8.92. The summed E-state index contributed by atoms with van der Waals surface area (Å²) in [6.45, 7) is 2.82. The summed E-state index contributed by atoms with van der Waals surface area (Å²) < 4.78 is 6.99. The Morgan fingerprint density at radius 1 is 1.26 bits per heavy atom. The van der Waals surface area contributed by atoms with Crippen molar-refractivity contribution in [1.82, 2.24) is 14.5 Å². The number of carbonyl (C=O) groups excluding carboxylic acids is 1. The van der Waals surface area contributed by atoms with E-state index in [1.807, 2.05) is 18.9 Å². The predicted molar refractivity (Wildman–Crippen MR) is 127 cm³/mol. The molecule has 0 aromatic carbocycles. The SMILES string of the molecule is COCCn1c(S[C@H](C)C(=O)N(C)C2CCCCC2)nc2sc3c(c2c1=O)CCCC3. The fourth-order valence-electron chi connectivity index (χ4n) is 4.83. The van der Waals surface area contributed by atoms with E-state index in [9.17, 15) is 9.59 Å². The molecule has 2 heterocycles. The molecule has 1 saturated carbocycles. The minimum atomic E-state index is -0.292. The van der Waals surface area contributed by atoms with Crippen LogP contribution in [0.5, 0.6) is 0 Å². The second-order valence-electron chi connectivity index (χ2n) is 8.74. The molecule has 1 fully saturated rings. The molecule has 1 amide bonds. The molecule has 0 spiro atoms. The maximum absolute atomic E-state index is 13.5. The second-order valence-corrected chi connectivity index (χ2v) is 11.1. The van der Waals surface area contributed by atoms with Crippen LogP contribution < -0.4 is 5.56 Å². The average molecular weight is 464 g/mol. The smallest absolute Gasteiger partial charge is 0.263 e. The van der Waals surface area contributed by atoms with Gasteiger partial charge in [0, 0.05) is 25.1 Å². The summed E-state index contributed by atoms with van der Waals surface area (Å²) >= 11 is 3.07. The number of thiophene rings is 1. The Bertz CT molecular complexity index is 994. The summed E-state index contributed by atoms with van der Waals surface area (Å²) in [4.78, 5) is 35.6. The van der Waals surface area contributed by atoms with E-state index in [1.165, 1.54) is 47.9 Å². The van der Waals surface area contributed by atoms with Crippen molar-refractivity contribution in [3.8, 4) is 0 Å². The number of methoxy groups -OCH3 is 1. The topological polar surface area (TPSA) is 64.4 Å². The van der Waals surface area contributed by atoms with Gasteiger partial charge in [0.2, 0.25) is 5.91 Å². The van der Waals surface area contributed by atoms with Crippen molar-refractivity contribution in [3.63, 3.8) is 0 Å². The molecule has 2 aromatic heterocycles. The zero-order valence-electron chi connectivity index (χ0n) is 18.8. The molecule has 2 aromatic rings. The van der Waals surface area contributed by atoms with Gasteiger partial charge in [-0.05, 0) is 51.0 Å². The molecule has 170 valence electrons. The Morgan fingerprint density at radius 2 is 2.00 bits per heavy atom. The zero-order chi connectivity index (χ0) is 22.0. The van der Waals surface area contributed by atoms with Crippen LogP contribution in [-0.4, -0.2) is 52.4 Å². The van der Waals surface area contributed by atoms with Gasteiger partial charge in [-0.15, -0.1) is 11.3 Å². The van der Waals surface area contributed by atoms with Gasteiger partial charge in [-0.25, -0.2) is 4.98 Å². The molecular formula is C23H33N3O3S2. The Balaban J connectivity index is 1.63. The highest BCUT2D eigenvalue weighted by molar-refractivity contribution is 8.00. The van der Waals surface area contributed by atoms with Gasteiger partial charge in [0.25, 0.3) is 5.56 Å². The Hall–Kier alpha value is -1.38. The molecule has 4 rings (SSSR count). The van der Waals surface area contributed by atoms with Crippen LogP contribution in [0, 0.1) is 0 Å². The predicted octanol–water partition coefficient (Wildman–Crippen LogP) is 4.25. The van der Waals surface area contributed by atoms with Gasteiger partial charge in [0.1, 0.15) is 4.83 Å². The second kappa shape index (κ2) is 10.0. The van der Waals surface area contributed by atoms with Gasteiger partial charge in [0.05, 0.1) is 23.8 Å². The third kappa shape index (κ3) is 4.71. The van der Waals surface area contributed by atoms with Gasteiger partial charge in [-0.3, -0.25) is 14.2 Å². The lowest BCUT2D eigenvalue weighted by atomic mass is 9.94. The number of nitrogens with zero attached hydrogens (tertiary/aromatic N) is 3.